The van der Waals surface area contributed by atoms with E-state index < -0.39 is 0 Å². The highest BCUT2D eigenvalue weighted by molar-refractivity contribution is 5.85. The number of piperazine rings is 1. The van der Waals surface area contributed by atoms with Gasteiger partial charge in [-0.1, -0.05) is 34.9 Å². The Morgan fingerprint density at radius 1 is 1.14 bits per heavy atom. The molecule has 0 saturated carbocycles. The standard InChI is InChI=1S/C17H26N2.2ClH/c1-13(2)9-17(19-7-5-18-6-8-19)16-11-14(3)10-15(4)12-16;;/h10-12,17-18H,1,5-9H2,2-4H3;2*1H/t17-;;/m0../s1. The second kappa shape index (κ2) is 9.47. The zero-order chi connectivity index (χ0) is 13.8. The van der Waals surface area contributed by atoms with Gasteiger partial charge in [-0.05, 0) is 32.8 Å². The van der Waals surface area contributed by atoms with Gasteiger partial charge in [0.05, 0.1) is 0 Å². The van der Waals surface area contributed by atoms with Crippen LogP contribution in [0.1, 0.15) is 36.1 Å². The van der Waals surface area contributed by atoms with Crippen molar-refractivity contribution < 1.29 is 0 Å². The number of aryl methyl sites for hydroxylation is 2. The van der Waals surface area contributed by atoms with Crippen molar-refractivity contribution in [3.8, 4) is 0 Å². The van der Waals surface area contributed by atoms with Crippen LogP contribution in [-0.4, -0.2) is 31.1 Å². The minimum atomic E-state index is 0. The highest BCUT2D eigenvalue weighted by atomic mass is 35.5. The van der Waals surface area contributed by atoms with E-state index in [2.05, 4.69) is 55.8 Å². The molecule has 2 nitrogen and oxygen atoms in total. The van der Waals surface area contributed by atoms with Gasteiger partial charge in [-0.15, -0.1) is 31.4 Å². The number of nitrogens with zero attached hydrogens (tertiary/aromatic N) is 1. The van der Waals surface area contributed by atoms with Crippen molar-refractivity contribution in [3.63, 3.8) is 0 Å². The summed E-state index contributed by atoms with van der Waals surface area (Å²) in [4.78, 5) is 2.60. The quantitative estimate of drug-likeness (QED) is 0.837. The van der Waals surface area contributed by atoms with E-state index in [0.717, 1.165) is 32.6 Å². The Kier molecular flexibility index (Phi) is 9.23. The Bertz CT molecular complexity index is 434. The normalized spacial score (nSPS) is 16.5. The van der Waals surface area contributed by atoms with Crippen molar-refractivity contribution in [1.82, 2.24) is 10.2 Å². The van der Waals surface area contributed by atoms with Gasteiger partial charge in [0.2, 0.25) is 0 Å². The first-order valence-corrected chi connectivity index (χ1v) is 7.23. The molecule has 1 aromatic carbocycles. The molecule has 1 N–H and O–H groups in total. The molecule has 0 radical (unpaired) electrons. The summed E-state index contributed by atoms with van der Waals surface area (Å²) < 4.78 is 0. The molecule has 1 aromatic rings. The molecule has 1 aliphatic heterocycles. The van der Waals surface area contributed by atoms with Gasteiger partial charge in [0.1, 0.15) is 0 Å². The van der Waals surface area contributed by atoms with E-state index in [1.807, 2.05) is 0 Å². The van der Waals surface area contributed by atoms with Crippen LogP contribution in [0.3, 0.4) is 0 Å². The first-order valence-electron chi connectivity index (χ1n) is 7.23. The van der Waals surface area contributed by atoms with Gasteiger partial charge in [-0.25, -0.2) is 0 Å². The Balaban J connectivity index is 0.00000200. The second-order valence-electron chi connectivity index (χ2n) is 5.88. The SMILES string of the molecule is C=C(C)C[C@@H](c1cc(C)cc(C)c1)N1CCNCC1.Cl.Cl. The van der Waals surface area contributed by atoms with Gasteiger partial charge in [-0.2, -0.15) is 0 Å². The summed E-state index contributed by atoms with van der Waals surface area (Å²) in [5.74, 6) is 0. The molecule has 0 aromatic heterocycles. The van der Waals surface area contributed by atoms with Crippen LogP contribution in [0.5, 0.6) is 0 Å². The highest BCUT2D eigenvalue weighted by Crippen LogP contribution is 2.28. The molecule has 1 atom stereocenters. The van der Waals surface area contributed by atoms with Gasteiger partial charge in [0.15, 0.2) is 0 Å². The van der Waals surface area contributed by atoms with Crippen LogP contribution >= 0.6 is 24.8 Å². The van der Waals surface area contributed by atoms with E-state index in [0.29, 0.717) is 6.04 Å². The number of halogens is 2. The monoisotopic (exact) mass is 330 g/mol. The summed E-state index contributed by atoms with van der Waals surface area (Å²) >= 11 is 0. The maximum Gasteiger partial charge on any atom is 0.0386 e. The largest absolute Gasteiger partial charge is 0.314 e. The summed E-state index contributed by atoms with van der Waals surface area (Å²) in [7, 11) is 0. The predicted molar refractivity (Wildman–Crippen MR) is 97.0 cm³/mol. The van der Waals surface area contributed by atoms with E-state index in [9.17, 15) is 0 Å². The van der Waals surface area contributed by atoms with Crippen LogP contribution in [0, 0.1) is 13.8 Å². The maximum absolute atomic E-state index is 4.12. The molecule has 1 heterocycles. The summed E-state index contributed by atoms with van der Waals surface area (Å²) in [6.07, 6.45) is 1.06. The van der Waals surface area contributed by atoms with Gasteiger partial charge in [-0.3, -0.25) is 4.90 Å². The Hall–Kier alpha value is -0.540. The number of benzene rings is 1. The number of hydrogen-bond acceptors (Lipinski definition) is 2. The van der Waals surface area contributed by atoms with Crippen molar-refractivity contribution in [2.24, 2.45) is 0 Å². The molecule has 0 amide bonds. The fraction of sp³-hybridized carbons (Fsp3) is 0.529. The molecular formula is C17H28Cl2N2. The smallest absolute Gasteiger partial charge is 0.0386 e. The van der Waals surface area contributed by atoms with Gasteiger partial charge >= 0.3 is 0 Å². The lowest BCUT2D eigenvalue weighted by Gasteiger charge is -2.35. The molecule has 1 fully saturated rings. The second-order valence-corrected chi connectivity index (χ2v) is 5.88. The number of rotatable bonds is 4. The molecule has 120 valence electrons. The third-order valence-electron chi connectivity index (χ3n) is 3.76. The molecule has 4 heteroatoms. The average Bonchev–Trinajstić information content (AvgIpc) is 2.35. The molecule has 2 rings (SSSR count). The number of hydrogen-bond donors (Lipinski definition) is 1. The zero-order valence-electron chi connectivity index (χ0n) is 13.3. The van der Waals surface area contributed by atoms with Crippen LogP contribution < -0.4 is 5.32 Å². The lowest BCUT2D eigenvalue weighted by Crippen LogP contribution is -2.45. The predicted octanol–water partition coefficient (Wildman–Crippen LogP) is 4.06. The summed E-state index contributed by atoms with van der Waals surface area (Å²) in [5.41, 5.74) is 5.43. The fourth-order valence-electron chi connectivity index (χ4n) is 2.98. The molecule has 1 saturated heterocycles. The highest BCUT2D eigenvalue weighted by Gasteiger charge is 2.22. The van der Waals surface area contributed by atoms with Crippen LogP contribution in [0.15, 0.2) is 30.4 Å². The Morgan fingerprint density at radius 3 is 2.14 bits per heavy atom. The summed E-state index contributed by atoms with van der Waals surface area (Å²) in [6, 6.07) is 7.41. The van der Waals surface area contributed by atoms with Crippen molar-refractivity contribution in [3.05, 3.63) is 47.0 Å². The number of nitrogens with one attached hydrogen (secondary N) is 1. The maximum atomic E-state index is 4.12. The van der Waals surface area contributed by atoms with Crippen molar-refractivity contribution in [2.45, 2.75) is 33.2 Å². The van der Waals surface area contributed by atoms with Crippen LogP contribution in [-0.2, 0) is 0 Å². The van der Waals surface area contributed by atoms with Gasteiger partial charge in [0, 0.05) is 32.2 Å². The third-order valence-corrected chi connectivity index (χ3v) is 3.76. The topological polar surface area (TPSA) is 15.3 Å². The molecule has 21 heavy (non-hydrogen) atoms. The van der Waals surface area contributed by atoms with Crippen LogP contribution in [0.4, 0.5) is 0 Å². The minimum absolute atomic E-state index is 0. The fourth-order valence-corrected chi connectivity index (χ4v) is 2.98. The zero-order valence-corrected chi connectivity index (χ0v) is 14.9. The minimum Gasteiger partial charge on any atom is -0.314 e. The Morgan fingerprint density at radius 2 is 1.67 bits per heavy atom. The first-order chi connectivity index (χ1) is 9.06. The van der Waals surface area contributed by atoms with Crippen molar-refractivity contribution in [2.75, 3.05) is 26.2 Å². The molecule has 0 bridgehead atoms. The van der Waals surface area contributed by atoms with Crippen molar-refractivity contribution in [1.29, 1.82) is 0 Å². The van der Waals surface area contributed by atoms with Gasteiger partial charge < -0.3 is 5.32 Å². The third kappa shape index (κ3) is 5.99. The van der Waals surface area contributed by atoms with E-state index in [1.54, 1.807) is 0 Å². The molecule has 1 aliphatic rings. The van der Waals surface area contributed by atoms with E-state index in [4.69, 9.17) is 0 Å². The lowest BCUT2D eigenvalue weighted by atomic mass is 9.95. The van der Waals surface area contributed by atoms with E-state index >= 15 is 0 Å². The van der Waals surface area contributed by atoms with Crippen LogP contribution in [0.2, 0.25) is 0 Å². The van der Waals surface area contributed by atoms with Crippen molar-refractivity contribution >= 4 is 24.8 Å². The van der Waals surface area contributed by atoms with Gasteiger partial charge in [0.25, 0.3) is 0 Å². The Labute approximate surface area is 141 Å². The first kappa shape index (κ1) is 20.5. The summed E-state index contributed by atoms with van der Waals surface area (Å²) in [5, 5.41) is 3.43. The molecule has 0 unspecified atom stereocenters. The lowest BCUT2D eigenvalue weighted by molar-refractivity contribution is 0.172. The average molecular weight is 331 g/mol. The van der Waals surface area contributed by atoms with E-state index in [-0.39, 0.29) is 24.8 Å². The summed E-state index contributed by atoms with van der Waals surface area (Å²) in [6.45, 7) is 15.1. The van der Waals surface area contributed by atoms with E-state index in [1.165, 1.54) is 22.3 Å². The molecular weight excluding hydrogens is 303 g/mol. The molecule has 0 aliphatic carbocycles. The molecule has 0 spiro atoms. The van der Waals surface area contributed by atoms with Crippen LogP contribution in [0.25, 0.3) is 0 Å².